The van der Waals surface area contributed by atoms with Crippen LogP contribution in [0.5, 0.6) is 17.2 Å². The number of nitrogens with zero attached hydrogens (tertiary/aromatic N) is 1. The molecule has 12 heteroatoms. The molecule has 1 amide bonds. The summed E-state index contributed by atoms with van der Waals surface area (Å²) in [5, 5.41) is 0.154. The molecule has 2 aromatic rings. The van der Waals surface area contributed by atoms with E-state index in [2.05, 4.69) is 4.72 Å². The molecule has 0 bridgehead atoms. The van der Waals surface area contributed by atoms with Crippen molar-refractivity contribution < 1.29 is 37.0 Å². The molecule has 2 aromatic carbocycles. The van der Waals surface area contributed by atoms with Crippen molar-refractivity contribution in [2.24, 2.45) is 0 Å². The molecule has 0 saturated heterocycles. The van der Waals surface area contributed by atoms with Gasteiger partial charge in [0.1, 0.15) is 22.1 Å². The molecule has 0 aliphatic heterocycles. The first kappa shape index (κ1) is 25.1. The topological polar surface area (TPSA) is 120 Å². The fourth-order valence-corrected chi connectivity index (χ4v) is 3.99. The van der Waals surface area contributed by atoms with Crippen LogP contribution < -0.4 is 18.9 Å². The van der Waals surface area contributed by atoms with E-state index in [1.165, 1.54) is 64.6 Å². The maximum atomic E-state index is 13.1. The lowest BCUT2D eigenvalue weighted by molar-refractivity contribution is -0.131. The number of carbonyl (C=O) groups excluding carboxylic acids is 2. The Morgan fingerprint density at radius 3 is 2.16 bits per heavy atom. The predicted molar refractivity (Wildman–Crippen MR) is 117 cm³/mol. The summed E-state index contributed by atoms with van der Waals surface area (Å²) >= 11 is 6.11. The third kappa shape index (κ3) is 5.74. The summed E-state index contributed by atoms with van der Waals surface area (Å²) in [6.07, 6.45) is 0. The van der Waals surface area contributed by atoms with E-state index < -0.39 is 28.5 Å². The number of likely N-dealkylation sites (N-methyl/N-ethyl adjacent to an activating group) is 1. The minimum absolute atomic E-state index is 0.0167. The summed E-state index contributed by atoms with van der Waals surface area (Å²) < 4.78 is 49.0. The second-order valence-corrected chi connectivity index (χ2v) is 8.58. The predicted octanol–water partition coefficient (Wildman–Crippen LogP) is 2.41. The Bertz CT molecular complexity index is 1120. The molecule has 0 atom stereocenters. The molecule has 1 N–H and O–H groups in total. The van der Waals surface area contributed by atoms with Gasteiger partial charge in [0.15, 0.2) is 6.61 Å². The van der Waals surface area contributed by atoms with Gasteiger partial charge in [-0.2, -0.15) is 0 Å². The van der Waals surface area contributed by atoms with Crippen LogP contribution in [0.3, 0.4) is 0 Å². The molecule has 0 aromatic heterocycles. The number of nitrogens with one attached hydrogen (secondary N) is 1. The molecule has 0 spiro atoms. The minimum atomic E-state index is -4.26. The van der Waals surface area contributed by atoms with Gasteiger partial charge in [-0.15, -0.1) is 0 Å². The van der Waals surface area contributed by atoms with Gasteiger partial charge in [0, 0.05) is 20.2 Å². The number of anilines is 1. The van der Waals surface area contributed by atoms with Gasteiger partial charge >= 0.3 is 5.97 Å². The maximum Gasteiger partial charge on any atom is 0.338 e. The van der Waals surface area contributed by atoms with Gasteiger partial charge in [0.05, 0.1) is 37.6 Å². The number of hydrogen-bond donors (Lipinski definition) is 1. The molecule has 174 valence electrons. The molecule has 0 aliphatic rings. The summed E-state index contributed by atoms with van der Waals surface area (Å²) in [6.45, 7) is -0.486. The molecule has 2 rings (SSSR count). The van der Waals surface area contributed by atoms with Crippen molar-refractivity contribution in [3.05, 3.63) is 40.9 Å². The smallest absolute Gasteiger partial charge is 0.338 e. The summed E-state index contributed by atoms with van der Waals surface area (Å²) in [5.41, 5.74) is -0.0395. The van der Waals surface area contributed by atoms with Gasteiger partial charge in [-0.1, -0.05) is 11.6 Å². The van der Waals surface area contributed by atoms with Gasteiger partial charge in [0.25, 0.3) is 15.9 Å². The first-order chi connectivity index (χ1) is 15.0. The first-order valence-corrected chi connectivity index (χ1v) is 10.9. The first-order valence-electron chi connectivity index (χ1n) is 9.03. The SMILES string of the molecule is COc1cc(OC)c(NS(=O)(=O)c2cc(C(=O)OCC(=O)N(C)C)ccc2OC)cc1Cl. The van der Waals surface area contributed by atoms with Crippen LogP contribution in [0.2, 0.25) is 5.02 Å². The molecule has 0 aliphatic carbocycles. The number of sulfonamides is 1. The number of amides is 1. The van der Waals surface area contributed by atoms with Crippen LogP contribution >= 0.6 is 11.6 Å². The number of carbonyl (C=O) groups is 2. The number of esters is 1. The molecular formula is C20H23ClN2O8S. The van der Waals surface area contributed by atoms with Crippen LogP contribution in [-0.4, -0.2) is 67.2 Å². The van der Waals surface area contributed by atoms with Gasteiger partial charge < -0.3 is 23.8 Å². The minimum Gasteiger partial charge on any atom is -0.495 e. The second kappa shape index (κ2) is 10.4. The largest absolute Gasteiger partial charge is 0.495 e. The van der Waals surface area contributed by atoms with E-state index >= 15 is 0 Å². The standard InChI is InChI=1S/C20H23ClN2O8S/c1-23(2)19(24)11-31-20(25)12-6-7-15(28-3)18(8-12)32(26,27)22-14-9-13(21)16(29-4)10-17(14)30-5/h6-10,22H,11H2,1-5H3. The van der Waals surface area contributed by atoms with Crippen LogP contribution in [0.1, 0.15) is 10.4 Å². The van der Waals surface area contributed by atoms with Crippen molar-refractivity contribution in [2.45, 2.75) is 4.90 Å². The van der Waals surface area contributed by atoms with Crippen molar-refractivity contribution >= 4 is 39.2 Å². The van der Waals surface area contributed by atoms with E-state index in [1.54, 1.807) is 0 Å². The molecule has 0 heterocycles. The lowest BCUT2D eigenvalue weighted by Crippen LogP contribution is -2.27. The van der Waals surface area contributed by atoms with Crippen molar-refractivity contribution in [1.82, 2.24) is 4.90 Å². The Hall–Kier alpha value is -3.18. The molecule has 32 heavy (non-hydrogen) atoms. The highest BCUT2D eigenvalue weighted by Gasteiger charge is 2.25. The Labute approximate surface area is 191 Å². The van der Waals surface area contributed by atoms with Crippen LogP contribution in [0, 0.1) is 0 Å². The zero-order valence-corrected chi connectivity index (χ0v) is 19.7. The van der Waals surface area contributed by atoms with Crippen LogP contribution in [-0.2, 0) is 19.6 Å². The zero-order chi connectivity index (χ0) is 24.1. The molecule has 10 nitrogen and oxygen atoms in total. The fraction of sp³-hybridized carbons (Fsp3) is 0.300. The van der Waals surface area contributed by atoms with E-state index in [9.17, 15) is 18.0 Å². The van der Waals surface area contributed by atoms with Crippen molar-refractivity contribution in [1.29, 1.82) is 0 Å². The second-order valence-electron chi connectivity index (χ2n) is 6.52. The Balaban J connectivity index is 2.41. The van der Waals surface area contributed by atoms with E-state index in [0.29, 0.717) is 5.75 Å². The molecule has 0 saturated carbocycles. The monoisotopic (exact) mass is 486 g/mol. The number of rotatable bonds is 9. The van der Waals surface area contributed by atoms with Crippen molar-refractivity contribution in [3.63, 3.8) is 0 Å². The van der Waals surface area contributed by atoms with Crippen molar-refractivity contribution in [3.8, 4) is 17.2 Å². The number of ether oxygens (including phenoxy) is 4. The molecule has 0 fully saturated rings. The van der Waals surface area contributed by atoms with E-state index in [4.69, 9.17) is 30.5 Å². The number of halogens is 1. The highest BCUT2D eigenvalue weighted by molar-refractivity contribution is 7.92. The molecular weight excluding hydrogens is 464 g/mol. The van der Waals surface area contributed by atoms with E-state index in [-0.39, 0.29) is 32.7 Å². The van der Waals surface area contributed by atoms with Gasteiger partial charge in [0.2, 0.25) is 0 Å². The summed E-state index contributed by atoms with van der Waals surface area (Å²) in [6, 6.07) is 6.46. The Morgan fingerprint density at radius 1 is 0.969 bits per heavy atom. The van der Waals surface area contributed by atoms with Gasteiger partial charge in [-0.3, -0.25) is 9.52 Å². The van der Waals surface area contributed by atoms with Crippen molar-refractivity contribution in [2.75, 3.05) is 46.8 Å². The summed E-state index contributed by atoms with van der Waals surface area (Å²) in [5.74, 6) is -0.862. The highest BCUT2D eigenvalue weighted by Crippen LogP contribution is 2.37. The summed E-state index contributed by atoms with van der Waals surface area (Å²) in [7, 11) is 2.81. The van der Waals surface area contributed by atoms with Crippen LogP contribution in [0.15, 0.2) is 35.2 Å². The zero-order valence-electron chi connectivity index (χ0n) is 18.1. The Morgan fingerprint density at radius 2 is 1.59 bits per heavy atom. The quantitative estimate of drug-likeness (QED) is 0.536. The number of hydrogen-bond acceptors (Lipinski definition) is 8. The summed E-state index contributed by atoms with van der Waals surface area (Å²) in [4.78, 5) is 24.9. The lowest BCUT2D eigenvalue weighted by Gasteiger charge is -2.16. The average molecular weight is 487 g/mol. The van der Waals surface area contributed by atoms with Gasteiger partial charge in [-0.05, 0) is 24.3 Å². The third-order valence-electron chi connectivity index (χ3n) is 4.23. The normalized spacial score (nSPS) is 10.8. The lowest BCUT2D eigenvalue weighted by atomic mass is 10.2. The number of methoxy groups -OCH3 is 3. The molecule has 0 unspecified atom stereocenters. The van der Waals surface area contributed by atoms with E-state index in [0.717, 1.165) is 6.07 Å². The highest BCUT2D eigenvalue weighted by atomic mass is 35.5. The average Bonchev–Trinajstić information content (AvgIpc) is 2.76. The van der Waals surface area contributed by atoms with Crippen LogP contribution in [0.25, 0.3) is 0 Å². The Kier molecular flexibility index (Phi) is 8.17. The number of benzene rings is 2. The maximum absolute atomic E-state index is 13.1. The van der Waals surface area contributed by atoms with Crippen LogP contribution in [0.4, 0.5) is 5.69 Å². The molecule has 0 radical (unpaired) electrons. The third-order valence-corrected chi connectivity index (χ3v) is 5.91. The van der Waals surface area contributed by atoms with Gasteiger partial charge in [-0.25, -0.2) is 13.2 Å². The van der Waals surface area contributed by atoms with E-state index in [1.807, 2.05) is 0 Å². The fourth-order valence-electron chi connectivity index (χ4n) is 2.49.